The number of likely N-dealkylation sites (tertiary alicyclic amines) is 1. The number of rotatable bonds is 3. The van der Waals surface area contributed by atoms with Crippen LogP contribution in [0.3, 0.4) is 0 Å². The zero-order chi connectivity index (χ0) is 15.8. The lowest BCUT2D eigenvalue weighted by atomic mass is 10.1. The number of carboxylic acid groups (broad SMARTS) is 1. The van der Waals surface area contributed by atoms with Crippen molar-refractivity contribution in [2.24, 2.45) is 11.1 Å². The van der Waals surface area contributed by atoms with E-state index in [1.165, 1.54) is 23.1 Å². The zero-order valence-corrected chi connectivity index (χ0v) is 12.3. The summed E-state index contributed by atoms with van der Waals surface area (Å²) < 4.78 is 22.9. The van der Waals surface area contributed by atoms with Crippen molar-refractivity contribution in [1.82, 2.24) is 4.90 Å². The van der Waals surface area contributed by atoms with Crippen molar-refractivity contribution in [2.75, 3.05) is 13.1 Å². The number of hydrogen-bond donors (Lipinski definition) is 2. The third kappa shape index (κ3) is 3.22. The van der Waals surface area contributed by atoms with Crippen LogP contribution in [0.4, 0.5) is 0 Å². The quantitative estimate of drug-likeness (QED) is 0.826. The predicted octanol–water partition coefficient (Wildman–Crippen LogP) is 0.189. The molecule has 0 aromatic heterocycles. The first-order chi connectivity index (χ1) is 9.70. The summed E-state index contributed by atoms with van der Waals surface area (Å²) in [5.74, 6) is -1.89. The maximum Gasteiger partial charge on any atom is 0.308 e. The number of nitrogens with zero attached hydrogens (tertiary/aromatic N) is 1. The SMILES string of the molecule is Cc1ccc(C(=O)N2CC[C@H](C(=O)O)C2)cc1S(N)(=O)=O. The third-order valence-corrected chi connectivity index (χ3v) is 4.62. The standard InChI is InChI=1S/C13H16N2O5S/c1-8-2-3-9(6-11(8)21(14,19)20)12(16)15-5-4-10(7-15)13(17)18/h2-3,6,10H,4-5,7H2,1H3,(H,17,18)(H2,14,19,20)/t10-/m0/s1. The highest BCUT2D eigenvalue weighted by atomic mass is 32.2. The molecule has 8 heteroatoms. The van der Waals surface area contributed by atoms with Gasteiger partial charge in [0, 0.05) is 18.7 Å². The molecule has 0 saturated carbocycles. The fourth-order valence-corrected chi connectivity index (χ4v) is 3.18. The number of sulfonamides is 1. The molecular weight excluding hydrogens is 296 g/mol. The van der Waals surface area contributed by atoms with Crippen molar-refractivity contribution >= 4 is 21.9 Å². The molecule has 0 aliphatic carbocycles. The minimum absolute atomic E-state index is 0.0951. The van der Waals surface area contributed by atoms with Gasteiger partial charge in [0.2, 0.25) is 10.0 Å². The van der Waals surface area contributed by atoms with Crippen molar-refractivity contribution in [3.05, 3.63) is 29.3 Å². The van der Waals surface area contributed by atoms with Crippen molar-refractivity contribution in [3.8, 4) is 0 Å². The number of carboxylic acids is 1. The highest BCUT2D eigenvalue weighted by Gasteiger charge is 2.31. The molecule has 0 spiro atoms. The smallest absolute Gasteiger partial charge is 0.308 e. The van der Waals surface area contributed by atoms with E-state index in [9.17, 15) is 18.0 Å². The van der Waals surface area contributed by atoms with E-state index in [0.717, 1.165) is 0 Å². The van der Waals surface area contributed by atoms with Gasteiger partial charge < -0.3 is 10.0 Å². The van der Waals surface area contributed by atoms with Crippen molar-refractivity contribution in [3.63, 3.8) is 0 Å². The molecule has 1 fully saturated rings. The van der Waals surface area contributed by atoms with Gasteiger partial charge in [0.05, 0.1) is 10.8 Å². The molecule has 1 amide bonds. The summed E-state index contributed by atoms with van der Waals surface area (Å²) in [5, 5.41) is 14.0. The van der Waals surface area contributed by atoms with Crippen LogP contribution in [0, 0.1) is 12.8 Å². The maximum atomic E-state index is 12.3. The van der Waals surface area contributed by atoms with Crippen LogP contribution >= 0.6 is 0 Å². The number of amides is 1. The first kappa shape index (κ1) is 15.5. The highest BCUT2D eigenvalue weighted by Crippen LogP contribution is 2.21. The van der Waals surface area contributed by atoms with E-state index in [1.807, 2.05) is 0 Å². The van der Waals surface area contributed by atoms with Crippen LogP contribution in [0.2, 0.25) is 0 Å². The summed E-state index contributed by atoms with van der Waals surface area (Å²) in [6.45, 7) is 2.06. The molecule has 0 unspecified atom stereocenters. The summed E-state index contributed by atoms with van der Waals surface area (Å²) in [4.78, 5) is 24.5. The molecule has 1 aliphatic heterocycles. The fraction of sp³-hybridized carbons (Fsp3) is 0.385. The molecule has 114 valence electrons. The second kappa shape index (κ2) is 5.45. The van der Waals surface area contributed by atoms with E-state index in [1.54, 1.807) is 6.92 Å². The molecule has 1 atom stereocenters. The van der Waals surface area contributed by atoms with E-state index in [4.69, 9.17) is 10.2 Å². The minimum Gasteiger partial charge on any atom is -0.481 e. The summed E-state index contributed by atoms with van der Waals surface area (Å²) in [5.41, 5.74) is 0.648. The predicted molar refractivity (Wildman–Crippen MR) is 74.2 cm³/mol. The van der Waals surface area contributed by atoms with Gasteiger partial charge in [-0.25, -0.2) is 13.6 Å². The Bertz CT molecular complexity index is 699. The molecule has 1 saturated heterocycles. The Morgan fingerprint density at radius 3 is 2.57 bits per heavy atom. The molecule has 0 radical (unpaired) electrons. The average molecular weight is 312 g/mol. The van der Waals surface area contributed by atoms with E-state index < -0.39 is 21.9 Å². The second-order valence-electron chi connectivity index (χ2n) is 5.10. The zero-order valence-electron chi connectivity index (χ0n) is 11.4. The Morgan fingerprint density at radius 1 is 1.38 bits per heavy atom. The molecule has 2 rings (SSSR count). The van der Waals surface area contributed by atoms with Crippen LogP contribution in [0.5, 0.6) is 0 Å². The summed E-state index contributed by atoms with van der Waals surface area (Å²) in [7, 11) is -3.90. The number of hydrogen-bond acceptors (Lipinski definition) is 4. The molecule has 0 bridgehead atoms. The third-order valence-electron chi connectivity index (χ3n) is 3.57. The Kier molecular flexibility index (Phi) is 4.02. The normalized spacial score (nSPS) is 18.8. The lowest BCUT2D eigenvalue weighted by Gasteiger charge is -2.16. The van der Waals surface area contributed by atoms with Crippen LogP contribution in [0.15, 0.2) is 23.1 Å². The van der Waals surface area contributed by atoms with Gasteiger partial charge in [-0.3, -0.25) is 9.59 Å². The van der Waals surface area contributed by atoms with Crippen LogP contribution < -0.4 is 5.14 Å². The van der Waals surface area contributed by atoms with Gasteiger partial charge in [0.25, 0.3) is 5.91 Å². The monoisotopic (exact) mass is 312 g/mol. The van der Waals surface area contributed by atoms with Crippen molar-refractivity contribution < 1.29 is 23.1 Å². The van der Waals surface area contributed by atoms with Gasteiger partial charge in [-0.15, -0.1) is 0 Å². The highest BCUT2D eigenvalue weighted by molar-refractivity contribution is 7.89. The molecule has 1 heterocycles. The lowest BCUT2D eigenvalue weighted by molar-refractivity contribution is -0.141. The van der Waals surface area contributed by atoms with Crippen molar-refractivity contribution in [1.29, 1.82) is 0 Å². The average Bonchev–Trinajstić information content (AvgIpc) is 2.86. The van der Waals surface area contributed by atoms with Crippen LogP contribution in [-0.4, -0.2) is 43.4 Å². The van der Waals surface area contributed by atoms with Gasteiger partial charge in [0.15, 0.2) is 0 Å². The minimum atomic E-state index is -3.90. The topological polar surface area (TPSA) is 118 Å². The first-order valence-electron chi connectivity index (χ1n) is 6.35. The summed E-state index contributed by atoms with van der Waals surface area (Å²) >= 11 is 0. The van der Waals surface area contributed by atoms with E-state index in [0.29, 0.717) is 18.5 Å². The number of aryl methyl sites for hydroxylation is 1. The number of primary sulfonamides is 1. The maximum absolute atomic E-state index is 12.3. The molecule has 1 aliphatic rings. The number of carbonyl (C=O) groups excluding carboxylic acids is 1. The Balaban J connectivity index is 2.27. The molecule has 21 heavy (non-hydrogen) atoms. The van der Waals surface area contributed by atoms with Gasteiger partial charge in [-0.1, -0.05) is 6.07 Å². The number of nitrogens with two attached hydrogens (primary N) is 1. The molecule has 7 nitrogen and oxygen atoms in total. The van der Waals surface area contributed by atoms with Crippen molar-refractivity contribution in [2.45, 2.75) is 18.2 Å². The van der Waals surface area contributed by atoms with Gasteiger partial charge >= 0.3 is 5.97 Å². The van der Waals surface area contributed by atoms with E-state index in [2.05, 4.69) is 0 Å². The first-order valence-corrected chi connectivity index (χ1v) is 7.90. The molecule has 1 aromatic carbocycles. The van der Waals surface area contributed by atoms with Crippen LogP contribution in [0.25, 0.3) is 0 Å². The number of benzene rings is 1. The molecule has 1 aromatic rings. The second-order valence-corrected chi connectivity index (χ2v) is 6.63. The largest absolute Gasteiger partial charge is 0.481 e. The Morgan fingerprint density at radius 2 is 2.05 bits per heavy atom. The Hall–Kier alpha value is -1.93. The number of carbonyl (C=O) groups is 2. The van der Waals surface area contributed by atoms with Gasteiger partial charge in [0.1, 0.15) is 0 Å². The van der Waals surface area contributed by atoms with E-state index >= 15 is 0 Å². The molecular formula is C13H16N2O5S. The van der Waals surface area contributed by atoms with E-state index in [-0.39, 0.29) is 22.9 Å². The summed E-state index contributed by atoms with van der Waals surface area (Å²) in [6.07, 6.45) is 0.398. The van der Waals surface area contributed by atoms with Gasteiger partial charge in [-0.2, -0.15) is 0 Å². The fourth-order valence-electron chi connectivity index (χ4n) is 2.37. The van der Waals surface area contributed by atoms with Crippen LogP contribution in [0.1, 0.15) is 22.3 Å². The van der Waals surface area contributed by atoms with Gasteiger partial charge in [-0.05, 0) is 31.0 Å². The summed E-state index contributed by atoms with van der Waals surface area (Å²) in [6, 6.07) is 4.26. The van der Waals surface area contributed by atoms with Crippen LogP contribution in [-0.2, 0) is 14.8 Å². The lowest BCUT2D eigenvalue weighted by Crippen LogP contribution is -2.30. The Labute approximate surface area is 122 Å². The molecule has 3 N–H and O–H groups in total. The number of aliphatic carboxylic acids is 1.